The first-order chi connectivity index (χ1) is 17.2. The SMILES string of the molecule is CCCCCCCCCCCCCCCCCCOC[C@H](COOP(=O)(O)OCC[N+](C)(C)C)OC. The highest BCUT2D eigenvalue weighted by Gasteiger charge is 2.25. The Hall–Kier alpha value is -0.0500. The van der Waals surface area contributed by atoms with E-state index in [1.807, 2.05) is 21.1 Å². The predicted molar refractivity (Wildman–Crippen MR) is 147 cm³/mol. The molecule has 0 saturated carbocycles. The summed E-state index contributed by atoms with van der Waals surface area (Å²) in [5.41, 5.74) is 0. The van der Waals surface area contributed by atoms with Crippen molar-refractivity contribution in [3.63, 3.8) is 0 Å². The lowest BCUT2D eigenvalue weighted by Crippen LogP contribution is -2.37. The highest BCUT2D eigenvalue weighted by molar-refractivity contribution is 7.47. The summed E-state index contributed by atoms with van der Waals surface area (Å²) in [6.45, 7) is 3.94. The summed E-state index contributed by atoms with van der Waals surface area (Å²) in [4.78, 5) is 14.5. The van der Waals surface area contributed by atoms with Crippen molar-refractivity contribution < 1.29 is 37.5 Å². The average molecular weight is 541 g/mol. The predicted octanol–water partition coefficient (Wildman–Crippen LogP) is 7.05. The van der Waals surface area contributed by atoms with Crippen LogP contribution >= 0.6 is 7.82 Å². The second-order valence-electron chi connectivity index (χ2n) is 10.9. The largest absolute Gasteiger partial charge is 0.499 e. The van der Waals surface area contributed by atoms with Gasteiger partial charge < -0.3 is 18.9 Å². The molecule has 1 unspecified atom stereocenters. The fraction of sp³-hybridized carbons (Fsp3) is 1.00. The second-order valence-corrected chi connectivity index (χ2v) is 12.3. The maximum Gasteiger partial charge on any atom is 0.499 e. The molecule has 0 amide bonds. The number of unbranched alkanes of at least 4 members (excludes halogenated alkanes) is 15. The number of likely N-dealkylation sites (N-methyl/N-ethyl adjacent to an activating group) is 1. The minimum Gasteiger partial charge on any atom is -0.379 e. The lowest BCUT2D eigenvalue weighted by Gasteiger charge is -2.23. The van der Waals surface area contributed by atoms with Crippen LogP contribution in [0.15, 0.2) is 0 Å². The molecule has 0 bridgehead atoms. The summed E-state index contributed by atoms with van der Waals surface area (Å²) in [6, 6.07) is 0. The van der Waals surface area contributed by atoms with E-state index in [0.29, 0.717) is 24.2 Å². The Labute approximate surface area is 222 Å². The van der Waals surface area contributed by atoms with Crippen LogP contribution in [-0.4, -0.2) is 76.7 Å². The summed E-state index contributed by atoms with van der Waals surface area (Å²) < 4.78 is 32.8. The third-order valence-electron chi connectivity index (χ3n) is 6.20. The van der Waals surface area contributed by atoms with E-state index in [0.717, 1.165) is 6.42 Å². The number of methoxy groups -OCH3 is 1. The number of phosphoric ester groups is 1. The van der Waals surface area contributed by atoms with E-state index in [9.17, 15) is 9.46 Å². The van der Waals surface area contributed by atoms with Crippen LogP contribution in [0.4, 0.5) is 0 Å². The first kappa shape index (κ1) is 35.9. The van der Waals surface area contributed by atoms with Crippen molar-refractivity contribution in [2.75, 3.05) is 61.2 Å². The molecule has 0 radical (unpaired) electrons. The molecule has 36 heavy (non-hydrogen) atoms. The molecular weight excluding hydrogens is 481 g/mol. The Morgan fingerprint density at radius 3 is 1.64 bits per heavy atom. The fourth-order valence-electron chi connectivity index (χ4n) is 3.78. The number of hydrogen-bond donors (Lipinski definition) is 1. The van der Waals surface area contributed by atoms with E-state index in [1.54, 1.807) is 7.11 Å². The van der Waals surface area contributed by atoms with Crippen LogP contribution in [0.25, 0.3) is 0 Å². The normalized spacial score (nSPS) is 14.7. The van der Waals surface area contributed by atoms with Crippen LogP contribution in [-0.2, 0) is 28.1 Å². The van der Waals surface area contributed by atoms with Crippen LogP contribution < -0.4 is 0 Å². The van der Waals surface area contributed by atoms with Crippen LogP contribution in [0, 0.1) is 0 Å². The third kappa shape index (κ3) is 27.0. The Kier molecular flexibility index (Phi) is 24.0. The molecule has 1 N–H and O–H groups in total. The minimum absolute atomic E-state index is 0.0152. The van der Waals surface area contributed by atoms with E-state index in [-0.39, 0.29) is 19.3 Å². The van der Waals surface area contributed by atoms with Gasteiger partial charge in [-0.05, 0) is 6.42 Å². The summed E-state index contributed by atoms with van der Waals surface area (Å²) in [5, 5.41) is 0. The average Bonchev–Trinajstić information content (AvgIpc) is 2.81. The first-order valence-corrected chi connectivity index (χ1v) is 15.9. The first-order valence-electron chi connectivity index (χ1n) is 14.4. The molecule has 0 aromatic heterocycles. The summed E-state index contributed by atoms with van der Waals surface area (Å²) in [7, 11) is 3.20. The van der Waals surface area contributed by atoms with Crippen LogP contribution in [0.5, 0.6) is 0 Å². The van der Waals surface area contributed by atoms with Gasteiger partial charge in [0.15, 0.2) is 0 Å². The molecule has 0 heterocycles. The molecule has 0 rings (SSSR count). The van der Waals surface area contributed by atoms with E-state index < -0.39 is 7.82 Å². The van der Waals surface area contributed by atoms with Crippen molar-refractivity contribution in [3.8, 4) is 0 Å². The fourth-order valence-corrected chi connectivity index (χ4v) is 4.33. The molecule has 0 saturated heterocycles. The number of ether oxygens (including phenoxy) is 2. The van der Waals surface area contributed by atoms with Crippen LogP contribution in [0.1, 0.15) is 110 Å². The van der Waals surface area contributed by atoms with E-state index in [2.05, 4.69) is 11.6 Å². The molecule has 8 nitrogen and oxygen atoms in total. The molecular formula is C27H59NO7P+. The minimum atomic E-state index is -4.24. The number of quaternary nitrogens is 1. The van der Waals surface area contributed by atoms with Crippen LogP contribution in [0.3, 0.4) is 0 Å². The standard InChI is InChI=1S/C27H58NO7P/c1-6-7-8-9-10-11-12-13-14-15-16-17-18-19-20-21-23-32-25-27(31-5)26-33-35-36(29,30)34-24-22-28(2,3)4/h27H,6-26H2,1-5H3/p+1/t27-/m1/s1. The van der Waals surface area contributed by atoms with Gasteiger partial charge >= 0.3 is 7.82 Å². The molecule has 0 fully saturated rings. The monoisotopic (exact) mass is 540 g/mol. The molecule has 0 aliphatic rings. The maximum absolute atomic E-state index is 11.8. The number of hydrogen-bond acceptors (Lipinski definition) is 6. The van der Waals surface area contributed by atoms with Gasteiger partial charge in [-0.15, -0.1) is 4.67 Å². The summed E-state index contributed by atoms with van der Waals surface area (Å²) in [5.74, 6) is 0. The Balaban J connectivity index is 3.48. The highest BCUT2D eigenvalue weighted by Crippen LogP contribution is 2.43. The molecule has 0 aliphatic heterocycles. The Morgan fingerprint density at radius 2 is 1.19 bits per heavy atom. The van der Waals surface area contributed by atoms with Gasteiger partial charge in [0.25, 0.3) is 0 Å². The third-order valence-corrected chi connectivity index (χ3v) is 7.00. The smallest absolute Gasteiger partial charge is 0.379 e. The quantitative estimate of drug-likeness (QED) is 0.0374. The molecule has 218 valence electrons. The zero-order valence-electron chi connectivity index (χ0n) is 24.2. The van der Waals surface area contributed by atoms with Crippen molar-refractivity contribution in [3.05, 3.63) is 0 Å². The molecule has 0 aromatic carbocycles. The van der Waals surface area contributed by atoms with E-state index >= 15 is 0 Å². The molecule has 2 atom stereocenters. The van der Waals surface area contributed by atoms with Gasteiger partial charge in [0, 0.05) is 13.7 Å². The zero-order chi connectivity index (χ0) is 27.0. The summed E-state index contributed by atoms with van der Waals surface area (Å²) >= 11 is 0. The van der Waals surface area contributed by atoms with Gasteiger partial charge in [-0.1, -0.05) is 103 Å². The van der Waals surface area contributed by atoms with Gasteiger partial charge in [-0.3, -0.25) is 4.52 Å². The van der Waals surface area contributed by atoms with E-state index in [1.165, 1.54) is 96.3 Å². The molecule has 0 spiro atoms. The van der Waals surface area contributed by atoms with Gasteiger partial charge in [0.1, 0.15) is 25.9 Å². The summed E-state index contributed by atoms with van der Waals surface area (Å²) in [6.07, 6.45) is 21.2. The van der Waals surface area contributed by atoms with Gasteiger partial charge in [-0.25, -0.2) is 9.45 Å². The lowest BCUT2D eigenvalue weighted by molar-refractivity contribution is -0.870. The number of phosphoric acid groups is 1. The van der Waals surface area contributed by atoms with Crippen molar-refractivity contribution in [1.82, 2.24) is 0 Å². The van der Waals surface area contributed by atoms with Crippen LogP contribution in [0.2, 0.25) is 0 Å². The van der Waals surface area contributed by atoms with Crippen molar-refractivity contribution in [2.24, 2.45) is 0 Å². The topological polar surface area (TPSA) is 83.5 Å². The van der Waals surface area contributed by atoms with Gasteiger partial charge in [0.05, 0.1) is 27.7 Å². The molecule has 0 aliphatic carbocycles. The Morgan fingerprint density at radius 1 is 0.722 bits per heavy atom. The maximum atomic E-state index is 11.8. The van der Waals surface area contributed by atoms with Crippen molar-refractivity contribution in [1.29, 1.82) is 0 Å². The number of rotatable bonds is 28. The van der Waals surface area contributed by atoms with Crippen molar-refractivity contribution >= 4 is 7.82 Å². The molecule has 0 aromatic rings. The second kappa shape index (κ2) is 24.0. The highest BCUT2D eigenvalue weighted by atomic mass is 31.2. The zero-order valence-corrected chi connectivity index (χ0v) is 25.1. The van der Waals surface area contributed by atoms with E-state index in [4.69, 9.17) is 18.9 Å². The van der Waals surface area contributed by atoms with Gasteiger partial charge in [-0.2, -0.15) is 0 Å². The Bertz CT molecular complexity index is 517. The van der Waals surface area contributed by atoms with Gasteiger partial charge in [0.2, 0.25) is 0 Å². The molecule has 9 heteroatoms. The number of nitrogens with zero attached hydrogens (tertiary/aromatic N) is 1. The lowest BCUT2D eigenvalue weighted by atomic mass is 10.0. The van der Waals surface area contributed by atoms with Crippen molar-refractivity contribution in [2.45, 2.75) is 116 Å².